The first-order valence-electron chi connectivity index (χ1n) is 7.49. The molecule has 4 nitrogen and oxygen atoms in total. The van der Waals surface area contributed by atoms with Gasteiger partial charge in [-0.2, -0.15) is 4.31 Å². The van der Waals surface area contributed by atoms with E-state index in [4.69, 9.17) is 11.6 Å². The predicted molar refractivity (Wildman–Crippen MR) is 92.0 cm³/mol. The molecule has 1 fully saturated rings. The molecule has 2 aromatic rings. The number of rotatable bonds is 3. The van der Waals surface area contributed by atoms with Crippen molar-refractivity contribution in [3.63, 3.8) is 0 Å². The molecule has 0 amide bonds. The summed E-state index contributed by atoms with van der Waals surface area (Å²) in [5, 5.41) is 0.530. The standard InChI is InChI=1S/C17H19ClN2O2S/c1-19-11-12-20(17(13-19)14-5-3-2-4-6-14)23(21,22)16-9-7-15(18)8-10-16/h2-10,17H,11-13H2,1H3. The molecule has 0 radical (unpaired) electrons. The van der Waals surface area contributed by atoms with Gasteiger partial charge in [-0.15, -0.1) is 0 Å². The normalized spacial score (nSPS) is 20.5. The van der Waals surface area contributed by atoms with Gasteiger partial charge in [0.2, 0.25) is 10.0 Å². The molecule has 1 aliphatic rings. The largest absolute Gasteiger partial charge is 0.303 e. The molecule has 0 saturated carbocycles. The fourth-order valence-electron chi connectivity index (χ4n) is 2.88. The smallest absolute Gasteiger partial charge is 0.243 e. The number of hydrogen-bond donors (Lipinski definition) is 0. The third-order valence-corrected chi connectivity index (χ3v) is 6.31. The van der Waals surface area contributed by atoms with Crippen LogP contribution in [0.5, 0.6) is 0 Å². The highest BCUT2D eigenvalue weighted by Gasteiger charge is 2.35. The summed E-state index contributed by atoms with van der Waals surface area (Å²) >= 11 is 5.88. The van der Waals surface area contributed by atoms with E-state index in [9.17, 15) is 8.42 Å². The summed E-state index contributed by atoms with van der Waals surface area (Å²) in [6, 6.07) is 16.0. The Kier molecular flexibility index (Phi) is 4.73. The van der Waals surface area contributed by atoms with Gasteiger partial charge >= 0.3 is 0 Å². The summed E-state index contributed by atoms with van der Waals surface area (Å²) in [5.74, 6) is 0. The van der Waals surface area contributed by atoms with E-state index in [-0.39, 0.29) is 10.9 Å². The molecule has 1 aliphatic heterocycles. The van der Waals surface area contributed by atoms with Crippen LogP contribution in [0, 0.1) is 0 Å². The van der Waals surface area contributed by atoms with Gasteiger partial charge in [0.15, 0.2) is 0 Å². The Morgan fingerprint density at radius 1 is 1.00 bits per heavy atom. The fraction of sp³-hybridized carbons (Fsp3) is 0.294. The minimum atomic E-state index is -3.55. The van der Waals surface area contributed by atoms with E-state index in [1.54, 1.807) is 28.6 Å². The molecule has 1 atom stereocenters. The Morgan fingerprint density at radius 2 is 1.65 bits per heavy atom. The van der Waals surface area contributed by atoms with E-state index < -0.39 is 10.0 Å². The van der Waals surface area contributed by atoms with Gasteiger partial charge < -0.3 is 4.90 Å². The maximum atomic E-state index is 13.1. The molecule has 0 aliphatic carbocycles. The maximum absolute atomic E-state index is 13.1. The lowest BCUT2D eigenvalue weighted by molar-refractivity contribution is 0.160. The first-order chi connectivity index (χ1) is 11.0. The zero-order chi connectivity index (χ0) is 16.4. The average molecular weight is 351 g/mol. The maximum Gasteiger partial charge on any atom is 0.243 e. The van der Waals surface area contributed by atoms with Crippen LogP contribution in [-0.2, 0) is 10.0 Å². The highest BCUT2D eigenvalue weighted by molar-refractivity contribution is 7.89. The SMILES string of the molecule is CN1CCN(S(=O)(=O)c2ccc(Cl)cc2)C(c2ccccc2)C1. The van der Waals surface area contributed by atoms with Crippen molar-refractivity contribution in [1.82, 2.24) is 9.21 Å². The lowest BCUT2D eigenvalue weighted by Crippen LogP contribution is -2.49. The Hall–Kier alpha value is -1.40. The van der Waals surface area contributed by atoms with Crippen molar-refractivity contribution in [3.8, 4) is 0 Å². The van der Waals surface area contributed by atoms with E-state index in [0.29, 0.717) is 18.1 Å². The Morgan fingerprint density at radius 3 is 2.30 bits per heavy atom. The van der Waals surface area contributed by atoms with Crippen molar-refractivity contribution in [2.24, 2.45) is 0 Å². The number of halogens is 1. The molecular weight excluding hydrogens is 332 g/mol. The van der Waals surface area contributed by atoms with Crippen molar-refractivity contribution in [3.05, 3.63) is 65.2 Å². The first kappa shape index (κ1) is 16.5. The van der Waals surface area contributed by atoms with Crippen LogP contribution >= 0.6 is 11.6 Å². The van der Waals surface area contributed by atoms with Crippen LogP contribution in [-0.4, -0.2) is 44.3 Å². The zero-order valence-electron chi connectivity index (χ0n) is 12.9. The van der Waals surface area contributed by atoms with Crippen LogP contribution in [0.2, 0.25) is 5.02 Å². The number of sulfonamides is 1. The number of benzene rings is 2. The molecule has 1 heterocycles. The van der Waals surface area contributed by atoms with E-state index in [2.05, 4.69) is 4.90 Å². The molecule has 0 aromatic heterocycles. The van der Waals surface area contributed by atoms with Crippen LogP contribution in [0.4, 0.5) is 0 Å². The van der Waals surface area contributed by atoms with Gasteiger partial charge in [-0.1, -0.05) is 41.9 Å². The van der Waals surface area contributed by atoms with Crippen LogP contribution in [0.25, 0.3) is 0 Å². The summed E-state index contributed by atoms with van der Waals surface area (Å²) < 4.78 is 27.7. The van der Waals surface area contributed by atoms with Crippen LogP contribution < -0.4 is 0 Å². The Bertz CT molecular complexity index is 763. The Balaban J connectivity index is 1.99. The van der Waals surface area contributed by atoms with E-state index in [1.165, 1.54) is 0 Å². The van der Waals surface area contributed by atoms with E-state index in [0.717, 1.165) is 12.1 Å². The summed E-state index contributed by atoms with van der Waals surface area (Å²) in [6.07, 6.45) is 0. The van der Waals surface area contributed by atoms with Crippen molar-refractivity contribution in [2.45, 2.75) is 10.9 Å². The molecule has 0 bridgehead atoms. The lowest BCUT2D eigenvalue weighted by Gasteiger charge is -2.39. The summed E-state index contributed by atoms with van der Waals surface area (Å²) in [6.45, 7) is 1.87. The average Bonchev–Trinajstić information content (AvgIpc) is 2.56. The monoisotopic (exact) mass is 350 g/mol. The third kappa shape index (κ3) is 3.43. The molecular formula is C17H19ClN2O2S. The summed E-state index contributed by atoms with van der Waals surface area (Å²) in [7, 11) is -1.54. The van der Waals surface area contributed by atoms with Gasteiger partial charge in [0, 0.05) is 24.7 Å². The summed E-state index contributed by atoms with van der Waals surface area (Å²) in [5.41, 5.74) is 1.01. The number of likely N-dealkylation sites (N-methyl/N-ethyl adjacent to an activating group) is 1. The first-order valence-corrected chi connectivity index (χ1v) is 9.31. The van der Waals surface area contributed by atoms with Gasteiger partial charge in [-0.3, -0.25) is 0 Å². The van der Waals surface area contributed by atoms with Crippen molar-refractivity contribution in [1.29, 1.82) is 0 Å². The lowest BCUT2D eigenvalue weighted by atomic mass is 10.1. The number of hydrogen-bond acceptors (Lipinski definition) is 3. The van der Waals surface area contributed by atoms with E-state index in [1.807, 2.05) is 37.4 Å². The van der Waals surface area contributed by atoms with Crippen molar-refractivity contribution < 1.29 is 8.42 Å². The second kappa shape index (κ2) is 6.61. The van der Waals surface area contributed by atoms with Crippen molar-refractivity contribution >= 4 is 21.6 Å². The van der Waals surface area contributed by atoms with Gasteiger partial charge in [0.1, 0.15) is 0 Å². The Labute approximate surface area is 142 Å². The van der Waals surface area contributed by atoms with Gasteiger partial charge in [-0.05, 0) is 36.9 Å². The highest BCUT2D eigenvalue weighted by Crippen LogP contribution is 2.31. The minimum Gasteiger partial charge on any atom is -0.303 e. The molecule has 6 heteroatoms. The molecule has 122 valence electrons. The molecule has 3 rings (SSSR count). The molecule has 1 unspecified atom stereocenters. The second-order valence-corrected chi connectivity index (χ2v) is 8.09. The molecule has 0 spiro atoms. The summed E-state index contributed by atoms with van der Waals surface area (Å²) in [4.78, 5) is 2.44. The molecule has 23 heavy (non-hydrogen) atoms. The van der Waals surface area contributed by atoms with Crippen LogP contribution in [0.3, 0.4) is 0 Å². The topological polar surface area (TPSA) is 40.6 Å². The zero-order valence-corrected chi connectivity index (χ0v) is 14.5. The minimum absolute atomic E-state index is 0.185. The van der Waals surface area contributed by atoms with E-state index >= 15 is 0 Å². The van der Waals surface area contributed by atoms with Crippen LogP contribution in [0.15, 0.2) is 59.5 Å². The molecule has 2 aromatic carbocycles. The van der Waals surface area contributed by atoms with Crippen LogP contribution in [0.1, 0.15) is 11.6 Å². The highest BCUT2D eigenvalue weighted by atomic mass is 35.5. The molecule has 0 N–H and O–H groups in total. The predicted octanol–water partition coefficient (Wildman–Crippen LogP) is 3.02. The third-order valence-electron chi connectivity index (χ3n) is 4.14. The van der Waals surface area contributed by atoms with Gasteiger partial charge in [-0.25, -0.2) is 8.42 Å². The van der Waals surface area contributed by atoms with Crippen molar-refractivity contribution in [2.75, 3.05) is 26.7 Å². The van der Waals surface area contributed by atoms with Gasteiger partial charge in [0.25, 0.3) is 0 Å². The van der Waals surface area contributed by atoms with Gasteiger partial charge in [0.05, 0.1) is 10.9 Å². The fourth-order valence-corrected chi connectivity index (χ4v) is 4.60. The number of piperazine rings is 1. The molecule has 1 saturated heterocycles. The number of nitrogens with zero attached hydrogens (tertiary/aromatic N) is 2. The quantitative estimate of drug-likeness (QED) is 0.854. The second-order valence-electron chi connectivity index (χ2n) is 5.76.